The van der Waals surface area contributed by atoms with Crippen LogP contribution in [0.1, 0.15) is 42.6 Å². The van der Waals surface area contributed by atoms with Crippen molar-refractivity contribution in [3.05, 3.63) is 66.0 Å². The Morgan fingerprint density at radius 3 is 2.65 bits per heavy atom. The van der Waals surface area contributed by atoms with Crippen molar-refractivity contribution in [1.82, 2.24) is 19.8 Å². The fraction of sp³-hybridized carbons (Fsp3) is 0.357. The number of hydrogen-bond acceptors (Lipinski definition) is 6. The molecule has 1 spiro atoms. The van der Waals surface area contributed by atoms with Crippen LogP contribution in [0.5, 0.6) is 0 Å². The van der Waals surface area contributed by atoms with Gasteiger partial charge in [0.05, 0.1) is 22.5 Å². The number of rotatable bonds is 5. The Morgan fingerprint density at radius 1 is 1.19 bits per heavy atom. The van der Waals surface area contributed by atoms with Gasteiger partial charge in [-0.1, -0.05) is 32.0 Å². The van der Waals surface area contributed by atoms with E-state index in [4.69, 9.17) is 0 Å². The molecule has 0 saturated carbocycles. The lowest BCUT2D eigenvalue weighted by molar-refractivity contribution is -0.136. The Labute approximate surface area is 215 Å². The summed E-state index contributed by atoms with van der Waals surface area (Å²) >= 11 is 0. The number of nitrogens with zero attached hydrogens (tertiary/aromatic N) is 5. The summed E-state index contributed by atoms with van der Waals surface area (Å²) in [5, 5.41) is 12.9. The molecule has 2 aliphatic heterocycles. The van der Waals surface area contributed by atoms with Crippen molar-refractivity contribution in [2.75, 3.05) is 18.9 Å². The third-order valence-corrected chi connectivity index (χ3v) is 7.40. The van der Waals surface area contributed by atoms with Gasteiger partial charge in [0, 0.05) is 43.7 Å². The van der Waals surface area contributed by atoms with Gasteiger partial charge in [-0.15, -0.1) is 0 Å². The van der Waals surface area contributed by atoms with Crippen molar-refractivity contribution < 1.29 is 14.4 Å². The molecular weight excluding hydrogens is 468 g/mol. The molecule has 2 aliphatic rings. The molecular formula is C28H28N6O3. The van der Waals surface area contributed by atoms with Crippen LogP contribution in [-0.4, -0.2) is 63.2 Å². The molecule has 1 N–H and O–H groups in total. The van der Waals surface area contributed by atoms with Gasteiger partial charge < -0.3 is 15.1 Å². The number of likely N-dealkylation sites (tertiary alicyclic amines) is 1. The molecule has 9 heteroatoms. The quantitative estimate of drug-likeness (QED) is 0.580. The first-order valence-electron chi connectivity index (χ1n) is 12.3. The maximum Gasteiger partial charge on any atom is 0.254 e. The monoisotopic (exact) mass is 496 g/mol. The fourth-order valence-electron chi connectivity index (χ4n) is 5.49. The van der Waals surface area contributed by atoms with Gasteiger partial charge in [0.2, 0.25) is 11.8 Å². The van der Waals surface area contributed by atoms with Gasteiger partial charge in [-0.05, 0) is 42.2 Å². The SMILES string of the molecule is CC(C)C[C@@H](C(=O)N1C[C@]2(C[C@H]1C#N)C(=O)Nc1ccccc12)N(C)C(=O)c1ccc2nccnc2c1. The number of aromatic nitrogens is 2. The molecule has 0 bridgehead atoms. The number of para-hydroxylation sites is 1. The third-order valence-electron chi connectivity index (χ3n) is 7.40. The molecule has 1 aromatic heterocycles. The lowest BCUT2D eigenvalue weighted by atomic mass is 9.80. The smallest absolute Gasteiger partial charge is 0.254 e. The Hall–Kier alpha value is -4.32. The summed E-state index contributed by atoms with van der Waals surface area (Å²) in [5.41, 5.74) is 2.20. The topological polar surface area (TPSA) is 119 Å². The maximum atomic E-state index is 14.0. The normalized spacial score (nSPS) is 21.1. The molecule has 37 heavy (non-hydrogen) atoms. The largest absolute Gasteiger partial charge is 0.330 e. The third kappa shape index (κ3) is 4.08. The molecule has 9 nitrogen and oxygen atoms in total. The van der Waals surface area contributed by atoms with Gasteiger partial charge >= 0.3 is 0 Å². The van der Waals surface area contributed by atoms with E-state index in [9.17, 15) is 19.6 Å². The molecule has 3 heterocycles. The van der Waals surface area contributed by atoms with Crippen LogP contribution in [0.4, 0.5) is 5.69 Å². The molecule has 3 atom stereocenters. The number of carbonyl (C=O) groups is 3. The second-order valence-corrected chi connectivity index (χ2v) is 10.2. The van der Waals surface area contributed by atoms with Crippen LogP contribution in [0.2, 0.25) is 0 Å². The molecule has 0 unspecified atom stereocenters. The van der Waals surface area contributed by atoms with Gasteiger partial charge in [0.1, 0.15) is 12.1 Å². The minimum Gasteiger partial charge on any atom is -0.330 e. The summed E-state index contributed by atoms with van der Waals surface area (Å²) in [7, 11) is 1.61. The van der Waals surface area contributed by atoms with Crippen molar-refractivity contribution in [2.45, 2.75) is 44.2 Å². The second-order valence-electron chi connectivity index (χ2n) is 10.2. The minimum absolute atomic E-state index is 0.0924. The van der Waals surface area contributed by atoms with E-state index >= 15 is 0 Å². The van der Waals surface area contributed by atoms with Crippen molar-refractivity contribution in [3.8, 4) is 6.07 Å². The number of fused-ring (bicyclic) bond motifs is 3. The highest BCUT2D eigenvalue weighted by atomic mass is 16.2. The molecule has 2 aromatic carbocycles. The van der Waals surface area contributed by atoms with Gasteiger partial charge in [-0.2, -0.15) is 5.26 Å². The number of carbonyl (C=O) groups excluding carboxylic acids is 3. The molecule has 0 radical (unpaired) electrons. The number of anilines is 1. The van der Waals surface area contributed by atoms with Crippen LogP contribution in [0.25, 0.3) is 11.0 Å². The van der Waals surface area contributed by atoms with E-state index in [1.165, 1.54) is 9.80 Å². The summed E-state index contributed by atoms with van der Waals surface area (Å²) in [6, 6.07) is 13.1. The first-order chi connectivity index (χ1) is 17.7. The number of amides is 3. The Morgan fingerprint density at radius 2 is 1.92 bits per heavy atom. The Balaban J connectivity index is 1.46. The van der Waals surface area contributed by atoms with Gasteiger partial charge in [0.15, 0.2) is 0 Å². The van der Waals surface area contributed by atoms with Crippen LogP contribution in [0.3, 0.4) is 0 Å². The van der Waals surface area contributed by atoms with Crippen LogP contribution < -0.4 is 5.32 Å². The number of hydrogen-bond donors (Lipinski definition) is 1. The average molecular weight is 497 g/mol. The highest BCUT2D eigenvalue weighted by molar-refractivity contribution is 6.07. The fourth-order valence-corrected chi connectivity index (χ4v) is 5.49. The molecule has 1 saturated heterocycles. The van der Waals surface area contributed by atoms with Gasteiger partial charge in [-0.25, -0.2) is 0 Å². The van der Waals surface area contributed by atoms with Crippen molar-refractivity contribution in [3.63, 3.8) is 0 Å². The standard InChI is InChI=1S/C28H28N6O3/c1-17(2)12-24(33(3)25(35)18-8-9-22-23(13-18)31-11-10-30-22)26(36)34-16-28(14-19(34)15-29)20-6-4-5-7-21(20)32-27(28)37/h4-11,13,17,19,24H,12,14,16H2,1-3H3,(H,32,37)/t19-,24-,28-/m0/s1. The summed E-state index contributed by atoms with van der Waals surface area (Å²) in [4.78, 5) is 52.1. The summed E-state index contributed by atoms with van der Waals surface area (Å²) in [6.07, 6.45) is 3.78. The number of likely N-dealkylation sites (N-methyl/N-ethyl adjacent to an activating group) is 1. The van der Waals surface area contributed by atoms with Gasteiger partial charge in [-0.3, -0.25) is 24.4 Å². The first-order valence-corrected chi connectivity index (χ1v) is 12.3. The van der Waals surface area contributed by atoms with E-state index in [0.29, 0.717) is 28.7 Å². The van der Waals surface area contributed by atoms with E-state index < -0.39 is 17.5 Å². The number of benzene rings is 2. The van der Waals surface area contributed by atoms with Crippen molar-refractivity contribution in [1.29, 1.82) is 5.26 Å². The predicted molar refractivity (Wildman–Crippen MR) is 137 cm³/mol. The van der Waals surface area contributed by atoms with Crippen LogP contribution >= 0.6 is 0 Å². The molecule has 3 amide bonds. The molecule has 188 valence electrons. The summed E-state index contributed by atoms with van der Waals surface area (Å²) < 4.78 is 0. The summed E-state index contributed by atoms with van der Waals surface area (Å²) in [5.74, 6) is -0.741. The number of nitriles is 1. The Bertz CT molecular complexity index is 1450. The molecule has 3 aromatic rings. The van der Waals surface area contributed by atoms with Gasteiger partial charge in [0.25, 0.3) is 5.91 Å². The van der Waals surface area contributed by atoms with E-state index in [2.05, 4.69) is 21.4 Å². The second kappa shape index (κ2) is 9.28. The highest BCUT2D eigenvalue weighted by Gasteiger charge is 2.56. The zero-order valence-corrected chi connectivity index (χ0v) is 21.0. The Kier molecular flexibility index (Phi) is 6.12. The highest BCUT2D eigenvalue weighted by Crippen LogP contribution is 2.46. The summed E-state index contributed by atoms with van der Waals surface area (Å²) in [6.45, 7) is 4.06. The van der Waals surface area contributed by atoms with Crippen LogP contribution in [0.15, 0.2) is 54.9 Å². The predicted octanol–water partition coefficient (Wildman–Crippen LogP) is 3.13. The first kappa shape index (κ1) is 24.4. The maximum absolute atomic E-state index is 14.0. The molecule has 0 aliphatic carbocycles. The molecule has 5 rings (SSSR count). The van der Waals surface area contributed by atoms with E-state index in [1.54, 1.807) is 37.6 Å². The van der Waals surface area contributed by atoms with E-state index in [0.717, 1.165) is 5.56 Å². The lowest BCUT2D eigenvalue weighted by Crippen LogP contribution is -2.52. The zero-order valence-electron chi connectivity index (χ0n) is 21.0. The van der Waals surface area contributed by atoms with Crippen LogP contribution in [0, 0.1) is 17.2 Å². The molecule has 1 fully saturated rings. The minimum atomic E-state index is -0.978. The van der Waals surface area contributed by atoms with Crippen molar-refractivity contribution in [2.24, 2.45) is 5.92 Å². The van der Waals surface area contributed by atoms with Crippen LogP contribution in [-0.2, 0) is 15.0 Å². The van der Waals surface area contributed by atoms with E-state index in [-0.39, 0.29) is 36.6 Å². The van der Waals surface area contributed by atoms with E-state index in [1.807, 2.05) is 38.1 Å². The zero-order chi connectivity index (χ0) is 26.3. The van der Waals surface area contributed by atoms with Crippen molar-refractivity contribution >= 4 is 34.4 Å². The lowest BCUT2D eigenvalue weighted by Gasteiger charge is -2.33. The number of nitrogens with one attached hydrogen (secondary N) is 1. The average Bonchev–Trinajstić information content (AvgIpc) is 3.43.